The first-order chi connectivity index (χ1) is 13.3. The highest BCUT2D eigenvalue weighted by Crippen LogP contribution is 2.27. The van der Waals surface area contributed by atoms with Gasteiger partial charge in [-0.05, 0) is 43.2 Å². The Morgan fingerprint density at radius 2 is 2.19 bits per heavy atom. The summed E-state index contributed by atoms with van der Waals surface area (Å²) < 4.78 is 7.35. The number of ether oxygens (including phenoxy) is 1. The van der Waals surface area contributed by atoms with Gasteiger partial charge in [0.25, 0.3) is 5.91 Å². The van der Waals surface area contributed by atoms with Gasteiger partial charge in [-0.25, -0.2) is 9.67 Å². The predicted molar refractivity (Wildman–Crippen MR) is 105 cm³/mol. The van der Waals surface area contributed by atoms with E-state index in [1.807, 2.05) is 48.7 Å². The number of hydrogen-bond acceptors (Lipinski definition) is 5. The molecule has 1 aliphatic rings. The van der Waals surface area contributed by atoms with Gasteiger partial charge in [-0.2, -0.15) is 5.10 Å². The number of amides is 1. The second-order valence-electron chi connectivity index (χ2n) is 6.25. The van der Waals surface area contributed by atoms with Gasteiger partial charge >= 0.3 is 0 Å². The van der Waals surface area contributed by atoms with Crippen LogP contribution >= 0.6 is 11.8 Å². The van der Waals surface area contributed by atoms with Crippen LogP contribution < -0.4 is 5.32 Å². The summed E-state index contributed by atoms with van der Waals surface area (Å²) >= 11 is 1.67. The minimum absolute atomic E-state index is 0.140. The smallest absolute Gasteiger partial charge is 0.256 e. The van der Waals surface area contributed by atoms with Gasteiger partial charge in [0.15, 0.2) is 5.82 Å². The van der Waals surface area contributed by atoms with Gasteiger partial charge in [0, 0.05) is 29.6 Å². The molecule has 138 valence electrons. The number of aromatic nitrogens is 3. The van der Waals surface area contributed by atoms with E-state index in [0.717, 1.165) is 30.1 Å². The maximum atomic E-state index is 12.7. The van der Waals surface area contributed by atoms with Crippen LogP contribution in [0.15, 0.2) is 66.0 Å². The molecule has 6 nitrogen and oxygen atoms in total. The molecule has 1 unspecified atom stereocenters. The molecule has 1 aromatic carbocycles. The van der Waals surface area contributed by atoms with Crippen LogP contribution in [0.4, 0.5) is 5.69 Å². The monoisotopic (exact) mass is 380 g/mol. The molecular weight excluding hydrogens is 360 g/mol. The number of anilines is 1. The molecule has 1 aliphatic heterocycles. The maximum absolute atomic E-state index is 12.7. The van der Waals surface area contributed by atoms with Crippen molar-refractivity contribution >= 4 is 23.4 Å². The summed E-state index contributed by atoms with van der Waals surface area (Å²) in [7, 11) is 0. The Kier molecular flexibility index (Phi) is 5.50. The van der Waals surface area contributed by atoms with Gasteiger partial charge in [0.1, 0.15) is 0 Å². The number of carbonyl (C=O) groups is 1. The molecule has 1 saturated heterocycles. The average molecular weight is 380 g/mol. The number of hydrogen-bond donors (Lipinski definition) is 1. The zero-order chi connectivity index (χ0) is 18.5. The van der Waals surface area contributed by atoms with Gasteiger partial charge in [0.2, 0.25) is 0 Å². The Bertz CT molecular complexity index is 891. The average Bonchev–Trinajstić information content (AvgIpc) is 3.41. The van der Waals surface area contributed by atoms with Gasteiger partial charge in [-0.1, -0.05) is 12.1 Å². The van der Waals surface area contributed by atoms with Crippen molar-refractivity contribution in [3.05, 3.63) is 66.6 Å². The standard InChI is InChI=1S/C20H20N4O2S/c25-20(23-15-8-9-19(21-13-15)24-11-4-10-22-24)17-6-1-2-7-18(17)27-14-16-5-3-12-26-16/h1-2,4,6-11,13,16H,3,5,12,14H2,(H,23,25). The molecule has 3 aromatic rings. The largest absolute Gasteiger partial charge is 0.377 e. The van der Waals surface area contributed by atoms with E-state index in [4.69, 9.17) is 4.74 Å². The predicted octanol–water partition coefficient (Wildman–Crippen LogP) is 3.79. The molecule has 0 bridgehead atoms. The second kappa shape index (κ2) is 8.37. The van der Waals surface area contributed by atoms with E-state index in [0.29, 0.717) is 17.1 Å². The molecule has 1 fully saturated rings. The van der Waals surface area contributed by atoms with Crippen LogP contribution in [0.2, 0.25) is 0 Å². The van der Waals surface area contributed by atoms with Gasteiger partial charge in [-0.3, -0.25) is 4.79 Å². The summed E-state index contributed by atoms with van der Waals surface area (Å²) in [6.45, 7) is 0.842. The number of rotatable bonds is 6. The van der Waals surface area contributed by atoms with E-state index in [9.17, 15) is 4.79 Å². The number of carbonyl (C=O) groups excluding carboxylic acids is 1. The van der Waals surface area contributed by atoms with Crippen molar-refractivity contribution in [3.63, 3.8) is 0 Å². The summed E-state index contributed by atoms with van der Waals surface area (Å²) in [6.07, 6.45) is 7.65. The highest BCUT2D eigenvalue weighted by atomic mass is 32.2. The fourth-order valence-corrected chi connectivity index (χ4v) is 4.06. The lowest BCUT2D eigenvalue weighted by Gasteiger charge is -2.12. The van der Waals surface area contributed by atoms with E-state index in [-0.39, 0.29) is 12.0 Å². The molecule has 0 radical (unpaired) electrons. The van der Waals surface area contributed by atoms with Crippen LogP contribution in [-0.2, 0) is 4.74 Å². The molecule has 4 rings (SSSR count). The van der Waals surface area contributed by atoms with E-state index in [1.165, 1.54) is 0 Å². The van der Waals surface area contributed by atoms with Crippen LogP contribution in [0.5, 0.6) is 0 Å². The summed E-state index contributed by atoms with van der Waals surface area (Å²) in [5.41, 5.74) is 1.31. The van der Waals surface area contributed by atoms with E-state index in [2.05, 4.69) is 15.4 Å². The Morgan fingerprint density at radius 1 is 1.26 bits per heavy atom. The summed E-state index contributed by atoms with van der Waals surface area (Å²) in [6, 6.07) is 13.1. The molecule has 0 saturated carbocycles. The summed E-state index contributed by atoms with van der Waals surface area (Å²) in [5, 5.41) is 7.07. The minimum Gasteiger partial charge on any atom is -0.377 e. The van der Waals surface area contributed by atoms with Crippen LogP contribution in [0, 0.1) is 0 Å². The number of benzene rings is 1. The maximum Gasteiger partial charge on any atom is 0.256 e. The van der Waals surface area contributed by atoms with Crippen molar-refractivity contribution in [1.82, 2.24) is 14.8 Å². The van der Waals surface area contributed by atoms with Crippen molar-refractivity contribution in [1.29, 1.82) is 0 Å². The second-order valence-corrected chi connectivity index (χ2v) is 7.31. The molecule has 3 heterocycles. The molecule has 7 heteroatoms. The third-order valence-electron chi connectivity index (χ3n) is 4.33. The van der Waals surface area contributed by atoms with Gasteiger partial charge < -0.3 is 10.1 Å². The first-order valence-corrected chi connectivity index (χ1v) is 9.89. The fraction of sp³-hybridized carbons (Fsp3) is 0.250. The van der Waals surface area contributed by atoms with Crippen LogP contribution in [0.1, 0.15) is 23.2 Å². The molecule has 2 aromatic heterocycles. The molecule has 1 N–H and O–H groups in total. The topological polar surface area (TPSA) is 69.0 Å². The quantitative estimate of drug-likeness (QED) is 0.659. The normalized spacial score (nSPS) is 16.4. The Labute approximate surface area is 162 Å². The lowest BCUT2D eigenvalue weighted by molar-refractivity contribution is 0.102. The van der Waals surface area contributed by atoms with Gasteiger partial charge in [-0.15, -0.1) is 11.8 Å². The van der Waals surface area contributed by atoms with Crippen molar-refractivity contribution in [2.24, 2.45) is 0 Å². The third-order valence-corrected chi connectivity index (χ3v) is 5.53. The zero-order valence-electron chi connectivity index (χ0n) is 14.7. The molecular formula is C20H20N4O2S. The number of nitrogens with one attached hydrogen (secondary N) is 1. The van der Waals surface area contributed by atoms with Crippen molar-refractivity contribution in [3.8, 4) is 5.82 Å². The lowest BCUT2D eigenvalue weighted by Crippen LogP contribution is -2.14. The zero-order valence-corrected chi connectivity index (χ0v) is 15.6. The van der Waals surface area contributed by atoms with E-state index >= 15 is 0 Å². The fourth-order valence-electron chi connectivity index (χ4n) is 2.94. The van der Waals surface area contributed by atoms with Crippen molar-refractivity contribution < 1.29 is 9.53 Å². The molecule has 0 spiro atoms. The molecule has 1 atom stereocenters. The van der Waals surface area contributed by atoms with Crippen LogP contribution in [0.3, 0.4) is 0 Å². The van der Waals surface area contributed by atoms with Crippen LogP contribution in [-0.4, -0.2) is 39.1 Å². The van der Waals surface area contributed by atoms with Crippen molar-refractivity contribution in [2.75, 3.05) is 17.7 Å². The van der Waals surface area contributed by atoms with Gasteiger partial charge in [0.05, 0.1) is 23.6 Å². The molecule has 0 aliphatic carbocycles. The van der Waals surface area contributed by atoms with E-state index in [1.54, 1.807) is 28.8 Å². The van der Waals surface area contributed by atoms with E-state index < -0.39 is 0 Å². The molecule has 1 amide bonds. The van der Waals surface area contributed by atoms with Crippen LogP contribution in [0.25, 0.3) is 5.82 Å². The third kappa shape index (κ3) is 4.37. The van der Waals surface area contributed by atoms with Crippen molar-refractivity contribution in [2.45, 2.75) is 23.8 Å². The highest BCUT2D eigenvalue weighted by molar-refractivity contribution is 7.99. The first kappa shape index (κ1) is 17.8. The summed E-state index contributed by atoms with van der Waals surface area (Å²) in [5.74, 6) is 1.43. The Hall–Kier alpha value is -2.64. The Morgan fingerprint density at radius 3 is 2.93 bits per heavy atom. The first-order valence-electron chi connectivity index (χ1n) is 8.90. The summed E-state index contributed by atoms with van der Waals surface area (Å²) in [4.78, 5) is 18.1. The number of thioether (sulfide) groups is 1. The minimum atomic E-state index is -0.140. The SMILES string of the molecule is O=C(Nc1ccc(-n2cccn2)nc1)c1ccccc1SCC1CCCO1. The lowest BCUT2D eigenvalue weighted by atomic mass is 10.2. The highest BCUT2D eigenvalue weighted by Gasteiger charge is 2.18. The number of pyridine rings is 1. The Balaban J connectivity index is 1.43. The number of nitrogens with zero attached hydrogens (tertiary/aromatic N) is 3. The molecule has 27 heavy (non-hydrogen) atoms.